The van der Waals surface area contributed by atoms with Crippen molar-refractivity contribution in [3.63, 3.8) is 0 Å². The Bertz CT molecular complexity index is 1510. The van der Waals surface area contributed by atoms with Gasteiger partial charge in [-0.05, 0) is 85.5 Å². The van der Waals surface area contributed by atoms with Crippen LogP contribution in [0.4, 0.5) is 0 Å². The van der Waals surface area contributed by atoms with Crippen molar-refractivity contribution in [1.29, 1.82) is 5.26 Å². The number of hydrogen-bond donors (Lipinski definition) is 4. The molecule has 3 aromatic rings. The van der Waals surface area contributed by atoms with Gasteiger partial charge in [-0.2, -0.15) is 10.5 Å². The van der Waals surface area contributed by atoms with E-state index in [0.717, 1.165) is 34.4 Å². The summed E-state index contributed by atoms with van der Waals surface area (Å²) in [4.78, 5) is 27.3. The Kier molecular flexibility index (Phi) is 8.33. The number of amides is 2. The molecule has 2 heterocycles. The van der Waals surface area contributed by atoms with E-state index < -0.39 is 5.41 Å². The fraction of sp³-hybridized carbons (Fsp3) is 0.438. The van der Waals surface area contributed by atoms with E-state index >= 15 is 0 Å². The van der Waals surface area contributed by atoms with E-state index in [2.05, 4.69) is 74.9 Å². The standard InChI is InChI=1S/C32H39N9O2/c1-18-11-26(16-33)41(21(18)4)20(3)17-36-19(2)15-32(31-37-39-40-38-31)27-9-7-22(29(42)34-5)12-24(27)14-25-13-23(30(43)35-6)8-10-28(25)32/h7-10,12-13,18-19,21,26,36H,3,11,14-15,17H2,1-2,4-6H3,(H,34,42)(H,35,43)(H,37,38,39,40)/t18-,19+,21?,26?/m0/s1. The first-order valence-electron chi connectivity index (χ1n) is 14.7. The van der Waals surface area contributed by atoms with Gasteiger partial charge in [0.2, 0.25) is 0 Å². The molecule has 11 heteroatoms. The first kappa shape index (κ1) is 29.9. The third kappa shape index (κ3) is 5.27. The minimum atomic E-state index is -0.823. The Labute approximate surface area is 252 Å². The van der Waals surface area contributed by atoms with Gasteiger partial charge in [-0.1, -0.05) is 30.8 Å². The summed E-state index contributed by atoms with van der Waals surface area (Å²) >= 11 is 0. The number of nitriles is 1. The third-order valence-corrected chi connectivity index (χ3v) is 9.19. The van der Waals surface area contributed by atoms with Crippen molar-refractivity contribution >= 4 is 11.8 Å². The zero-order chi connectivity index (χ0) is 30.9. The van der Waals surface area contributed by atoms with E-state index in [1.165, 1.54) is 0 Å². The van der Waals surface area contributed by atoms with Crippen LogP contribution < -0.4 is 16.0 Å². The smallest absolute Gasteiger partial charge is 0.251 e. The Morgan fingerprint density at radius 3 is 2.23 bits per heavy atom. The highest BCUT2D eigenvalue weighted by molar-refractivity contribution is 5.95. The molecule has 224 valence electrons. The van der Waals surface area contributed by atoms with Crippen molar-refractivity contribution < 1.29 is 9.59 Å². The van der Waals surface area contributed by atoms with Gasteiger partial charge < -0.3 is 20.9 Å². The van der Waals surface area contributed by atoms with Crippen molar-refractivity contribution in [1.82, 2.24) is 41.5 Å². The second kappa shape index (κ2) is 12.0. The first-order chi connectivity index (χ1) is 20.6. The molecule has 0 spiro atoms. The number of H-pyrrole nitrogens is 1. The number of aromatic amines is 1. The highest BCUT2D eigenvalue weighted by Gasteiger charge is 2.47. The summed E-state index contributed by atoms with van der Waals surface area (Å²) in [5, 5.41) is 34.4. The molecule has 1 aliphatic heterocycles. The molecule has 0 saturated carbocycles. The lowest BCUT2D eigenvalue weighted by atomic mass is 9.62. The summed E-state index contributed by atoms with van der Waals surface area (Å²) in [7, 11) is 3.22. The summed E-state index contributed by atoms with van der Waals surface area (Å²) in [6, 6.07) is 13.9. The lowest BCUT2D eigenvalue weighted by Crippen LogP contribution is -2.44. The molecule has 1 aliphatic carbocycles. The van der Waals surface area contributed by atoms with Gasteiger partial charge in [0.1, 0.15) is 6.04 Å². The minimum absolute atomic E-state index is 0.0536. The van der Waals surface area contributed by atoms with Crippen LogP contribution in [0.5, 0.6) is 0 Å². The van der Waals surface area contributed by atoms with E-state index in [1.807, 2.05) is 36.4 Å². The zero-order valence-corrected chi connectivity index (χ0v) is 25.4. The van der Waals surface area contributed by atoms with Crippen LogP contribution in [0.15, 0.2) is 48.7 Å². The van der Waals surface area contributed by atoms with Gasteiger partial charge >= 0.3 is 0 Å². The maximum atomic E-state index is 12.6. The Morgan fingerprint density at radius 1 is 1.12 bits per heavy atom. The third-order valence-electron chi connectivity index (χ3n) is 9.19. The molecule has 2 aliphatic rings. The molecule has 2 aromatic carbocycles. The van der Waals surface area contributed by atoms with Gasteiger partial charge in [0.25, 0.3) is 11.8 Å². The van der Waals surface area contributed by atoms with Crippen LogP contribution in [0.2, 0.25) is 0 Å². The van der Waals surface area contributed by atoms with E-state index in [-0.39, 0.29) is 29.9 Å². The molecule has 1 fully saturated rings. The molecular formula is C32H39N9O2. The number of rotatable bonds is 9. The fourth-order valence-corrected chi connectivity index (χ4v) is 6.89. The second-order valence-electron chi connectivity index (χ2n) is 11.8. The predicted molar refractivity (Wildman–Crippen MR) is 162 cm³/mol. The highest BCUT2D eigenvalue weighted by Crippen LogP contribution is 2.48. The largest absolute Gasteiger partial charge is 0.355 e. The monoisotopic (exact) mass is 581 g/mol. The number of benzene rings is 2. The zero-order valence-electron chi connectivity index (χ0n) is 25.4. The number of carbonyl (C=O) groups is 2. The van der Waals surface area contributed by atoms with E-state index in [9.17, 15) is 14.9 Å². The molecule has 43 heavy (non-hydrogen) atoms. The quantitative estimate of drug-likeness (QED) is 0.301. The van der Waals surface area contributed by atoms with Gasteiger partial charge in [0.05, 0.1) is 11.5 Å². The van der Waals surface area contributed by atoms with Crippen molar-refractivity contribution in [3.8, 4) is 6.07 Å². The topological polar surface area (TPSA) is 152 Å². The van der Waals surface area contributed by atoms with Gasteiger partial charge in [-0.15, -0.1) is 10.2 Å². The Morgan fingerprint density at radius 2 is 1.72 bits per heavy atom. The van der Waals surface area contributed by atoms with Crippen LogP contribution >= 0.6 is 0 Å². The predicted octanol–water partition coefficient (Wildman–Crippen LogP) is 2.66. The molecule has 2 unspecified atom stereocenters. The Balaban J connectivity index is 1.55. The van der Waals surface area contributed by atoms with Crippen LogP contribution in [0, 0.1) is 17.2 Å². The number of fused-ring (bicyclic) bond motifs is 2. The molecule has 2 amide bonds. The average Bonchev–Trinajstić information content (AvgIpc) is 3.66. The summed E-state index contributed by atoms with van der Waals surface area (Å²) in [6.45, 7) is 11.3. The first-order valence-corrected chi connectivity index (χ1v) is 14.7. The highest BCUT2D eigenvalue weighted by atomic mass is 16.2. The van der Waals surface area contributed by atoms with Crippen LogP contribution in [0.3, 0.4) is 0 Å². The van der Waals surface area contributed by atoms with Crippen LogP contribution in [0.1, 0.15) is 82.4 Å². The average molecular weight is 582 g/mol. The molecule has 1 aromatic heterocycles. The lowest BCUT2D eigenvalue weighted by molar-refractivity contribution is 0.0955. The van der Waals surface area contributed by atoms with Crippen LogP contribution in [-0.4, -0.2) is 76.1 Å². The minimum Gasteiger partial charge on any atom is -0.355 e. The maximum Gasteiger partial charge on any atom is 0.251 e. The van der Waals surface area contributed by atoms with E-state index in [0.29, 0.717) is 42.3 Å². The van der Waals surface area contributed by atoms with Gasteiger partial charge in [-0.25, -0.2) is 0 Å². The number of likely N-dealkylation sites (tertiary alicyclic amines) is 1. The number of nitrogens with zero attached hydrogens (tertiary/aromatic N) is 5. The number of nitrogens with one attached hydrogen (secondary N) is 4. The summed E-state index contributed by atoms with van der Waals surface area (Å²) in [6.07, 6.45) is 1.93. The second-order valence-corrected chi connectivity index (χ2v) is 11.8. The molecule has 11 nitrogen and oxygen atoms in total. The maximum absolute atomic E-state index is 12.6. The molecule has 5 rings (SSSR count). The van der Waals surface area contributed by atoms with Crippen LogP contribution in [0.25, 0.3) is 0 Å². The summed E-state index contributed by atoms with van der Waals surface area (Å²) < 4.78 is 0. The van der Waals surface area contributed by atoms with Crippen molar-refractivity contribution in [2.45, 2.75) is 63.6 Å². The normalized spacial score (nSPS) is 20.8. The number of hydrogen-bond acceptors (Lipinski definition) is 8. The van der Waals surface area contributed by atoms with Crippen LogP contribution in [-0.2, 0) is 11.8 Å². The lowest BCUT2D eigenvalue weighted by Gasteiger charge is -2.41. The number of carbonyl (C=O) groups excluding carboxylic acids is 2. The van der Waals surface area contributed by atoms with Gasteiger partial charge in [0.15, 0.2) is 5.82 Å². The molecule has 0 radical (unpaired) electrons. The van der Waals surface area contributed by atoms with E-state index in [4.69, 9.17) is 0 Å². The fourth-order valence-electron chi connectivity index (χ4n) is 6.89. The summed E-state index contributed by atoms with van der Waals surface area (Å²) in [5.41, 5.74) is 5.06. The van der Waals surface area contributed by atoms with Crippen molar-refractivity contribution in [2.24, 2.45) is 5.92 Å². The SMILES string of the molecule is C=C(CN[C@H](C)CC1(c2nn[nH]n2)c2ccc(C(=O)NC)cc2Cc2cc(C(=O)NC)ccc21)N1C(C#N)C[C@H](C)C1C. The number of tetrazole rings is 1. The summed E-state index contributed by atoms with van der Waals surface area (Å²) in [5.74, 6) is 0.573. The molecule has 4 atom stereocenters. The molecule has 0 bridgehead atoms. The van der Waals surface area contributed by atoms with Crippen molar-refractivity contribution in [2.75, 3.05) is 20.6 Å². The Hall–Kier alpha value is -4.56. The molecule has 4 N–H and O–H groups in total. The van der Waals surface area contributed by atoms with Crippen molar-refractivity contribution in [3.05, 3.63) is 87.9 Å². The number of aromatic nitrogens is 4. The molecule has 1 saturated heterocycles. The molecular weight excluding hydrogens is 542 g/mol. The van der Waals surface area contributed by atoms with Gasteiger partial charge in [-0.3, -0.25) is 9.59 Å². The van der Waals surface area contributed by atoms with Gasteiger partial charge in [0, 0.05) is 49.5 Å². The van der Waals surface area contributed by atoms with E-state index in [1.54, 1.807) is 14.1 Å².